The van der Waals surface area contributed by atoms with Crippen molar-refractivity contribution in [1.29, 1.82) is 0 Å². The summed E-state index contributed by atoms with van der Waals surface area (Å²) in [5.74, 6) is -0.433. The Hall–Kier alpha value is -2.76. The standard InChI is InChI=1S/C18H18F3N5O2S/c1-9-4-13(12-3-2-10(6-23-12)18(19,20)21)25-15(9)16(28)26-14(5-22)17-24-7-11(8-27)29-17/h2-4,6-7,14,25,27H,5,8,22H2,1H3,(H,26,28). The molecule has 29 heavy (non-hydrogen) atoms. The quantitative estimate of drug-likeness (QED) is 0.485. The van der Waals surface area contributed by atoms with E-state index in [4.69, 9.17) is 10.8 Å². The van der Waals surface area contributed by atoms with Gasteiger partial charge >= 0.3 is 6.18 Å². The number of carbonyl (C=O) groups is 1. The number of hydrogen-bond donors (Lipinski definition) is 4. The number of pyridine rings is 1. The second-order valence-electron chi connectivity index (χ2n) is 6.26. The predicted octanol–water partition coefficient (Wildman–Crippen LogP) is 2.78. The third-order valence-corrected chi connectivity index (χ3v) is 5.27. The Morgan fingerprint density at radius 1 is 1.34 bits per heavy atom. The summed E-state index contributed by atoms with van der Waals surface area (Å²) >= 11 is 1.24. The molecule has 0 saturated carbocycles. The van der Waals surface area contributed by atoms with Crippen LogP contribution in [-0.2, 0) is 12.8 Å². The van der Waals surface area contributed by atoms with Crippen molar-refractivity contribution in [3.05, 3.63) is 57.3 Å². The maximum atomic E-state index is 12.7. The number of rotatable bonds is 6. The van der Waals surface area contributed by atoms with Crippen LogP contribution in [0.15, 0.2) is 30.6 Å². The van der Waals surface area contributed by atoms with Gasteiger partial charge in [0.05, 0.1) is 34.5 Å². The molecule has 0 bridgehead atoms. The summed E-state index contributed by atoms with van der Waals surface area (Å²) in [6.45, 7) is 1.66. The second-order valence-corrected chi connectivity index (χ2v) is 7.40. The smallest absolute Gasteiger partial charge is 0.391 e. The van der Waals surface area contributed by atoms with Crippen LogP contribution in [-0.4, -0.2) is 32.5 Å². The fourth-order valence-corrected chi connectivity index (χ4v) is 3.50. The van der Waals surface area contributed by atoms with Crippen molar-refractivity contribution in [1.82, 2.24) is 20.3 Å². The molecule has 0 radical (unpaired) electrons. The van der Waals surface area contributed by atoms with Crippen LogP contribution in [0.2, 0.25) is 0 Å². The molecule has 1 atom stereocenters. The maximum absolute atomic E-state index is 12.7. The van der Waals surface area contributed by atoms with E-state index in [0.29, 0.717) is 21.1 Å². The molecule has 0 aromatic carbocycles. The van der Waals surface area contributed by atoms with Crippen LogP contribution in [0.4, 0.5) is 13.2 Å². The first-order valence-corrected chi connectivity index (χ1v) is 9.34. The van der Waals surface area contributed by atoms with Crippen molar-refractivity contribution in [3.63, 3.8) is 0 Å². The van der Waals surface area contributed by atoms with Crippen LogP contribution >= 0.6 is 11.3 Å². The van der Waals surface area contributed by atoms with E-state index in [-0.39, 0.29) is 24.5 Å². The number of amides is 1. The fraction of sp³-hybridized carbons (Fsp3) is 0.278. The molecule has 5 N–H and O–H groups in total. The zero-order valence-electron chi connectivity index (χ0n) is 15.2. The highest BCUT2D eigenvalue weighted by molar-refractivity contribution is 7.11. The largest absolute Gasteiger partial charge is 0.417 e. The Balaban J connectivity index is 1.79. The van der Waals surface area contributed by atoms with E-state index < -0.39 is 23.7 Å². The molecular weight excluding hydrogens is 407 g/mol. The first kappa shape index (κ1) is 21.0. The molecule has 0 saturated heterocycles. The van der Waals surface area contributed by atoms with Gasteiger partial charge in [0.2, 0.25) is 0 Å². The van der Waals surface area contributed by atoms with E-state index in [1.54, 1.807) is 13.0 Å². The SMILES string of the molecule is Cc1cc(-c2ccc(C(F)(F)F)cn2)[nH]c1C(=O)NC(CN)c1ncc(CO)s1. The minimum Gasteiger partial charge on any atom is -0.391 e. The van der Waals surface area contributed by atoms with Gasteiger partial charge in [0.25, 0.3) is 5.91 Å². The molecule has 154 valence electrons. The highest BCUT2D eigenvalue weighted by Gasteiger charge is 2.30. The molecule has 1 unspecified atom stereocenters. The summed E-state index contributed by atoms with van der Waals surface area (Å²) in [4.78, 5) is 24.2. The van der Waals surface area contributed by atoms with Crippen LogP contribution in [0.5, 0.6) is 0 Å². The molecule has 0 aliphatic rings. The monoisotopic (exact) mass is 425 g/mol. The third kappa shape index (κ3) is 4.63. The summed E-state index contributed by atoms with van der Waals surface area (Å²) in [5.41, 5.74) is 6.45. The second kappa shape index (κ2) is 8.31. The highest BCUT2D eigenvalue weighted by Crippen LogP contribution is 2.30. The van der Waals surface area contributed by atoms with Crippen molar-refractivity contribution < 1.29 is 23.1 Å². The molecule has 3 aromatic heterocycles. The van der Waals surface area contributed by atoms with Crippen molar-refractivity contribution >= 4 is 17.2 Å². The minimum absolute atomic E-state index is 0.108. The Morgan fingerprint density at radius 2 is 2.10 bits per heavy atom. The van der Waals surface area contributed by atoms with Crippen LogP contribution < -0.4 is 11.1 Å². The van der Waals surface area contributed by atoms with E-state index >= 15 is 0 Å². The zero-order chi connectivity index (χ0) is 21.2. The lowest BCUT2D eigenvalue weighted by atomic mass is 10.2. The number of thiazole rings is 1. The topological polar surface area (TPSA) is 117 Å². The highest BCUT2D eigenvalue weighted by atomic mass is 32.1. The predicted molar refractivity (Wildman–Crippen MR) is 101 cm³/mol. The molecule has 0 spiro atoms. The summed E-state index contributed by atoms with van der Waals surface area (Å²) in [5, 5.41) is 12.5. The van der Waals surface area contributed by atoms with Crippen molar-refractivity contribution in [2.24, 2.45) is 5.73 Å². The molecular formula is C18H18F3N5O2S. The van der Waals surface area contributed by atoms with Gasteiger partial charge in [-0.2, -0.15) is 13.2 Å². The lowest BCUT2D eigenvalue weighted by Gasteiger charge is -2.14. The van der Waals surface area contributed by atoms with Crippen LogP contribution in [0, 0.1) is 6.92 Å². The molecule has 11 heteroatoms. The number of aliphatic hydroxyl groups is 1. The number of H-pyrrole nitrogens is 1. The van der Waals surface area contributed by atoms with E-state index in [9.17, 15) is 18.0 Å². The van der Waals surface area contributed by atoms with Gasteiger partial charge in [-0.1, -0.05) is 0 Å². The third-order valence-electron chi connectivity index (χ3n) is 4.18. The molecule has 0 fully saturated rings. The average molecular weight is 425 g/mol. The lowest BCUT2D eigenvalue weighted by molar-refractivity contribution is -0.137. The van der Waals surface area contributed by atoms with E-state index in [1.807, 2.05) is 0 Å². The number of carbonyl (C=O) groups excluding carboxylic acids is 1. The molecule has 7 nitrogen and oxygen atoms in total. The van der Waals surface area contributed by atoms with Crippen LogP contribution in [0.1, 0.15) is 37.5 Å². The number of hydrogen-bond acceptors (Lipinski definition) is 6. The number of nitrogens with two attached hydrogens (primary N) is 1. The molecule has 3 heterocycles. The normalized spacial score (nSPS) is 12.8. The molecule has 0 aliphatic carbocycles. The summed E-state index contributed by atoms with van der Waals surface area (Å²) in [6.07, 6.45) is -2.20. The number of aromatic nitrogens is 3. The van der Waals surface area contributed by atoms with Gasteiger partial charge in [-0.25, -0.2) is 4.98 Å². The number of aromatic amines is 1. The lowest BCUT2D eigenvalue weighted by Crippen LogP contribution is -2.33. The van der Waals surface area contributed by atoms with Crippen molar-refractivity contribution in [2.75, 3.05) is 6.54 Å². The number of alkyl halides is 3. The van der Waals surface area contributed by atoms with E-state index in [2.05, 4.69) is 20.3 Å². The number of aliphatic hydroxyl groups excluding tert-OH is 1. The maximum Gasteiger partial charge on any atom is 0.417 e. The van der Waals surface area contributed by atoms with Gasteiger partial charge in [0.1, 0.15) is 10.7 Å². The summed E-state index contributed by atoms with van der Waals surface area (Å²) in [6, 6.07) is 3.27. The molecule has 3 rings (SSSR count). The Bertz CT molecular complexity index is 998. The van der Waals surface area contributed by atoms with Gasteiger partial charge in [-0.15, -0.1) is 11.3 Å². The molecule has 3 aromatic rings. The van der Waals surface area contributed by atoms with Crippen LogP contribution in [0.3, 0.4) is 0 Å². The number of nitrogens with zero attached hydrogens (tertiary/aromatic N) is 2. The first-order chi connectivity index (χ1) is 13.7. The van der Waals surface area contributed by atoms with Gasteiger partial charge in [-0.05, 0) is 30.7 Å². The summed E-state index contributed by atoms with van der Waals surface area (Å²) in [7, 11) is 0. The first-order valence-electron chi connectivity index (χ1n) is 8.52. The number of aryl methyl sites for hydroxylation is 1. The number of nitrogens with one attached hydrogen (secondary N) is 2. The van der Waals surface area contributed by atoms with Crippen molar-refractivity contribution in [3.8, 4) is 11.4 Å². The van der Waals surface area contributed by atoms with Gasteiger partial charge < -0.3 is 21.1 Å². The fourth-order valence-electron chi connectivity index (χ4n) is 2.66. The van der Waals surface area contributed by atoms with Gasteiger partial charge in [0, 0.05) is 18.9 Å². The number of halogens is 3. The Labute approximate surface area is 167 Å². The minimum atomic E-state index is -4.47. The van der Waals surface area contributed by atoms with Crippen molar-refractivity contribution in [2.45, 2.75) is 25.7 Å². The molecule has 0 aliphatic heterocycles. The zero-order valence-corrected chi connectivity index (χ0v) is 16.1. The summed E-state index contributed by atoms with van der Waals surface area (Å²) < 4.78 is 38.1. The van der Waals surface area contributed by atoms with Gasteiger partial charge in [-0.3, -0.25) is 9.78 Å². The van der Waals surface area contributed by atoms with Crippen LogP contribution in [0.25, 0.3) is 11.4 Å². The molecule has 1 amide bonds. The average Bonchev–Trinajstić information content (AvgIpc) is 3.32. The Morgan fingerprint density at radius 3 is 2.66 bits per heavy atom. The van der Waals surface area contributed by atoms with E-state index in [1.165, 1.54) is 23.6 Å². The van der Waals surface area contributed by atoms with Gasteiger partial charge in [0.15, 0.2) is 0 Å². The van der Waals surface area contributed by atoms with E-state index in [0.717, 1.165) is 12.3 Å². The Kier molecular flexibility index (Phi) is 6.01.